The normalized spacial score (nSPS) is 14.7. The summed E-state index contributed by atoms with van der Waals surface area (Å²) in [4.78, 5) is 13.3. The fraction of sp³-hybridized carbons (Fsp3) is 0.133. The van der Waals surface area contributed by atoms with Gasteiger partial charge in [0.05, 0.1) is 4.90 Å². The molecule has 0 saturated carbocycles. The van der Waals surface area contributed by atoms with E-state index in [4.69, 9.17) is 0 Å². The van der Waals surface area contributed by atoms with Crippen LogP contribution in [0.4, 0.5) is 16.2 Å². The van der Waals surface area contributed by atoms with Crippen molar-refractivity contribution < 1.29 is 13.2 Å². The topological polar surface area (TPSA) is 78.5 Å². The van der Waals surface area contributed by atoms with Crippen molar-refractivity contribution in [3.63, 3.8) is 0 Å². The second-order valence-electron chi connectivity index (χ2n) is 4.85. The molecule has 2 amide bonds. The van der Waals surface area contributed by atoms with Crippen molar-refractivity contribution in [1.29, 1.82) is 0 Å². The number of urea groups is 1. The van der Waals surface area contributed by atoms with E-state index in [9.17, 15) is 13.2 Å². The molecule has 1 heterocycles. The van der Waals surface area contributed by atoms with Gasteiger partial charge in [0.25, 0.3) is 10.0 Å². The molecular formula is C15H15N3O3S. The molecule has 3 rings (SSSR count). The summed E-state index contributed by atoms with van der Waals surface area (Å²) in [5, 5.41) is 2.70. The molecule has 2 aromatic rings. The zero-order valence-corrected chi connectivity index (χ0v) is 12.5. The average Bonchev–Trinajstić information content (AvgIpc) is 2.94. The van der Waals surface area contributed by atoms with Crippen LogP contribution in [0, 0.1) is 0 Å². The summed E-state index contributed by atoms with van der Waals surface area (Å²) in [6.07, 6.45) is 0. The minimum atomic E-state index is -3.64. The lowest BCUT2D eigenvalue weighted by Crippen LogP contribution is -2.27. The van der Waals surface area contributed by atoms with Gasteiger partial charge in [-0.2, -0.15) is 0 Å². The van der Waals surface area contributed by atoms with Crippen LogP contribution < -0.4 is 14.9 Å². The van der Waals surface area contributed by atoms with Gasteiger partial charge < -0.3 is 5.32 Å². The molecule has 6 nitrogen and oxygen atoms in total. The van der Waals surface area contributed by atoms with Crippen LogP contribution in [0.1, 0.15) is 0 Å². The maximum atomic E-state index is 12.3. The number of carbonyl (C=O) groups excluding carboxylic acids is 1. The third-order valence-electron chi connectivity index (χ3n) is 3.34. The highest BCUT2D eigenvalue weighted by Gasteiger charge is 2.22. The Balaban J connectivity index is 1.81. The highest BCUT2D eigenvalue weighted by Crippen LogP contribution is 2.21. The second-order valence-corrected chi connectivity index (χ2v) is 6.53. The van der Waals surface area contributed by atoms with E-state index in [1.807, 2.05) is 6.07 Å². The Labute approximate surface area is 128 Å². The number of nitrogens with zero attached hydrogens (tertiary/aromatic N) is 1. The number of carbonyl (C=O) groups is 1. The molecule has 114 valence electrons. The third kappa shape index (κ3) is 2.89. The summed E-state index contributed by atoms with van der Waals surface area (Å²) in [6, 6.07) is 14.8. The first-order valence-electron chi connectivity index (χ1n) is 6.79. The molecule has 2 N–H and O–H groups in total. The highest BCUT2D eigenvalue weighted by molar-refractivity contribution is 7.92. The van der Waals surface area contributed by atoms with Crippen LogP contribution in [0.25, 0.3) is 0 Å². The number of hydrogen-bond acceptors (Lipinski definition) is 3. The van der Waals surface area contributed by atoms with Gasteiger partial charge in [-0.1, -0.05) is 18.2 Å². The van der Waals surface area contributed by atoms with Crippen LogP contribution >= 0.6 is 0 Å². The van der Waals surface area contributed by atoms with Crippen LogP contribution in [0.3, 0.4) is 0 Å². The Morgan fingerprint density at radius 1 is 1.00 bits per heavy atom. The summed E-state index contributed by atoms with van der Waals surface area (Å²) < 4.78 is 27.1. The van der Waals surface area contributed by atoms with E-state index in [2.05, 4.69) is 10.0 Å². The van der Waals surface area contributed by atoms with Gasteiger partial charge in [0.2, 0.25) is 0 Å². The molecule has 0 bridgehead atoms. The molecule has 1 aliphatic heterocycles. The first kappa shape index (κ1) is 14.4. The standard InChI is InChI=1S/C15H15N3O3S/c19-15-16-10-11-18(15)13-6-8-14(9-7-13)22(20,21)17-12-4-2-1-3-5-12/h1-9,17H,10-11H2,(H,16,19). The lowest BCUT2D eigenvalue weighted by molar-refractivity contribution is 0.252. The fourth-order valence-electron chi connectivity index (χ4n) is 2.24. The molecule has 0 radical (unpaired) electrons. The largest absolute Gasteiger partial charge is 0.336 e. The number of rotatable bonds is 4. The average molecular weight is 317 g/mol. The molecule has 7 heteroatoms. The van der Waals surface area contributed by atoms with Crippen molar-refractivity contribution in [3.05, 3.63) is 54.6 Å². The smallest absolute Gasteiger partial charge is 0.321 e. The van der Waals surface area contributed by atoms with Crippen molar-refractivity contribution in [2.45, 2.75) is 4.90 Å². The molecule has 0 aromatic heterocycles. The van der Waals surface area contributed by atoms with E-state index < -0.39 is 10.0 Å². The Morgan fingerprint density at radius 2 is 1.68 bits per heavy atom. The molecule has 1 aliphatic rings. The first-order valence-corrected chi connectivity index (χ1v) is 8.28. The molecule has 0 unspecified atom stereocenters. The lowest BCUT2D eigenvalue weighted by atomic mass is 10.3. The predicted molar refractivity (Wildman–Crippen MR) is 84.4 cm³/mol. The van der Waals surface area contributed by atoms with Gasteiger partial charge in [-0.05, 0) is 36.4 Å². The molecule has 1 saturated heterocycles. The molecule has 1 fully saturated rings. The Kier molecular flexibility index (Phi) is 3.72. The van der Waals surface area contributed by atoms with Gasteiger partial charge in [-0.3, -0.25) is 9.62 Å². The van der Waals surface area contributed by atoms with Gasteiger partial charge in [0, 0.05) is 24.5 Å². The number of amides is 2. The lowest BCUT2D eigenvalue weighted by Gasteiger charge is -2.15. The number of sulfonamides is 1. The van der Waals surface area contributed by atoms with Crippen LogP contribution in [0.2, 0.25) is 0 Å². The number of para-hydroxylation sites is 1. The van der Waals surface area contributed by atoms with Crippen molar-refractivity contribution in [2.24, 2.45) is 0 Å². The van der Waals surface area contributed by atoms with Crippen molar-refractivity contribution in [3.8, 4) is 0 Å². The number of nitrogens with one attached hydrogen (secondary N) is 2. The Bertz CT molecular complexity index is 773. The van der Waals surface area contributed by atoms with Crippen LogP contribution in [0.15, 0.2) is 59.5 Å². The Hall–Kier alpha value is -2.54. The summed E-state index contributed by atoms with van der Waals surface area (Å²) in [5.74, 6) is 0. The van der Waals surface area contributed by atoms with Gasteiger partial charge >= 0.3 is 6.03 Å². The molecule has 2 aromatic carbocycles. The summed E-state index contributed by atoms with van der Waals surface area (Å²) in [7, 11) is -3.64. The number of benzene rings is 2. The fourth-order valence-corrected chi connectivity index (χ4v) is 3.30. The van der Waals surface area contributed by atoms with Crippen molar-refractivity contribution in [2.75, 3.05) is 22.7 Å². The molecule has 0 aliphatic carbocycles. The summed E-state index contributed by atoms with van der Waals surface area (Å²) in [5.41, 5.74) is 1.18. The van der Waals surface area contributed by atoms with E-state index in [1.54, 1.807) is 41.3 Å². The van der Waals surface area contributed by atoms with E-state index in [0.29, 0.717) is 24.5 Å². The van der Waals surface area contributed by atoms with Crippen molar-refractivity contribution >= 4 is 27.4 Å². The van der Waals surface area contributed by atoms with Gasteiger partial charge in [-0.15, -0.1) is 0 Å². The minimum absolute atomic E-state index is 0.153. The second kappa shape index (κ2) is 5.69. The number of anilines is 2. The minimum Gasteiger partial charge on any atom is -0.336 e. The monoisotopic (exact) mass is 317 g/mol. The quantitative estimate of drug-likeness (QED) is 0.905. The van der Waals surface area contributed by atoms with E-state index in [-0.39, 0.29) is 10.9 Å². The molecule has 22 heavy (non-hydrogen) atoms. The van der Waals surface area contributed by atoms with E-state index >= 15 is 0 Å². The van der Waals surface area contributed by atoms with E-state index in [1.165, 1.54) is 12.1 Å². The number of hydrogen-bond donors (Lipinski definition) is 2. The maximum absolute atomic E-state index is 12.3. The van der Waals surface area contributed by atoms with Crippen LogP contribution in [-0.4, -0.2) is 27.5 Å². The zero-order valence-electron chi connectivity index (χ0n) is 11.7. The summed E-state index contributed by atoms with van der Waals surface area (Å²) >= 11 is 0. The van der Waals surface area contributed by atoms with E-state index in [0.717, 1.165) is 0 Å². The summed E-state index contributed by atoms with van der Waals surface area (Å²) in [6.45, 7) is 1.17. The van der Waals surface area contributed by atoms with Crippen LogP contribution in [0.5, 0.6) is 0 Å². The van der Waals surface area contributed by atoms with Gasteiger partial charge in [0.15, 0.2) is 0 Å². The predicted octanol–water partition coefficient (Wildman–Crippen LogP) is 2.02. The molecular weight excluding hydrogens is 302 g/mol. The van der Waals surface area contributed by atoms with Gasteiger partial charge in [-0.25, -0.2) is 13.2 Å². The molecule has 0 spiro atoms. The van der Waals surface area contributed by atoms with Crippen molar-refractivity contribution in [1.82, 2.24) is 5.32 Å². The maximum Gasteiger partial charge on any atom is 0.321 e. The SMILES string of the molecule is O=C1NCCN1c1ccc(S(=O)(=O)Nc2ccccc2)cc1. The first-order chi connectivity index (χ1) is 10.6. The van der Waals surface area contributed by atoms with Crippen LogP contribution in [-0.2, 0) is 10.0 Å². The Morgan fingerprint density at radius 3 is 2.27 bits per heavy atom. The molecule has 0 atom stereocenters. The zero-order chi connectivity index (χ0) is 15.6. The third-order valence-corrected chi connectivity index (χ3v) is 4.74. The highest BCUT2D eigenvalue weighted by atomic mass is 32.2. The van der Waals surface area contributed by atoms with Gasteiger partial charge in [0.1, 0.15) is 0 Å².